The van der Waals surface area contributed by atoms with E-state index in [2.05, 4.69) is 33.2 Å². The molecule has 2 aliphatic rings. The number of nitrogens with zero attached hydrogens (tertiary/aromatic N) is 4. The van der Waals surface area contributed by atoms with E-state index in [4.69, 9.17) is 14.7 Å². The quantitative estimate of drug-likeness (QED) is 0.317. The molecule has 9 nitrogen and oxygen atoms in total. The number of fused-ring (bicyclic) bond motifs is 2. The van der Waals surface area contributed by atoms with Crippen LogP contribution in [0.15, 0.2) is 66.2 Å². The van der Waals surface area contributed by atoms with E-state index in [1.807, 2.05) is 48.7 Å². The van der Waals surface area contributed by atoms with Crippen molar-refractivity contribution in [2.75, 3.05) is 43.1 Å². The van der Waals surface area contributed by atoms with Crippen molar-refractivity contribution in [1.82, 2.24) is 15.3 Å². The van der Waals surface area contributed by atoms with Gasteiger partial charge < -0.3 is 20.3 Å². The van der Waals surface area contributed by atoms with E-state index in [9.17, 15) is 9.59 Å². The van der Waals surface area contributed by atoms with Crippen LogP contribution in [0.2, 0.25) is 0 Å². The van der Waals surface area contributed by atoms with Gasteiger partial charge >= 0.3 is 0 Å². The maximum Gasteiger partial charge on any atom is 0.261 e. The molecule has 0 radical (unpaired) electrons. The number of benzene rings is 2. The van der Waals surface area contributed by atoms with Crippen LogP contribution in [0, 0.1) is 0 Å². The predicted octanol–water partition coefficient (Wildman–Crippen LogP) is 4.22. The minimum atomic E-state index is -0.251. The third-order valence-corrected chi connectivity index (χ3v) is 8.03. The first-order chi connectivity index (χ1) is 19.6. The summed E-state index contributed by atoms with van der Waals surface area (Å²) in [5.41, 5.74) is 5.67. The second-order valence-electron chi connectivity index (χ2n) is 9.54. The standard InChI is InChI=1S/C30H28N6O3S/c1-2-26(37)33-21-8-6-19(7-9-21)10-11-32-30(38)25-16-24-27(40-25)29(36-12-14-39-15-13-36)35-28(34-24)22-5-3-4-20-17-31-18-23(20)22/h2-9,16,18H,1,10-15,17H2,(H,32,38)(H,33,37). The second-order valence-corrected chi connectivity index (χ2v) is 10.6. The van der Waals surface area contributed by atoms with Crippen molar-refractivity contribution >= 4 is 51.1 Å². The molecule has 0 saturated carbocycles. The summed E-state index contributed by atoms with van der Waals surface area (Å²) in [5, 5.41) is 5.76. The van der Waals surface area contributed by atoms with Crippen LogP contribution >= 0.6 is 11.3 Å². The lowest BCUT2D eigenvalue weighted by atomic mass is 10.0. The molecule has 2 aromatic heterocycles. The summed E-state index contributed by atoms with van der Waals surface area (Å²) in [6.45, 7) is 7.34. The summed E-state index contributed by atoms with van der Waals surface area (Å²) in [7, 11) is 0. The zero-order valence-corrected chi connectivity index (χ0v) is 22.7. The number of nitrogens with one attached hydrogen (secondary N) is 2. The average molecular weight is 553 g/mol. The number of carbonyl (C=O) groups excluding carboxylic acids is 2. The van der Waals surface area contributed by atoms with Crippen LogP contribution in [0.4, 0.5) is 11.5 Å². The van der Waals surface area contributed by atoms with Crippen molar-refractivity contribution in [2.45, 2.75) is 13.0 Å². The molecule has 40 heavy (non-hydrogen) atoms. The van der Waals surface area contributed by atoms with E-state index in [0.717, 1.165) is 51.4 Å². The summed E-state index contributed by atoms with van der Waals surface area (Å²) in [4.78, 5) is 41.8. The van der Waals surface area contributed by atoms with E-state index < -0.39 is 0 Å². The summed E-state index contributed by atoms with van der Waals surface area (Å²) in [6.07, 6.45) is 3.79. The maximum absolute atomic E-state index is 13.2. The van der Waals surface area contributed by atoms with Gasteiger partial charge in [-0.1, -0.05) is 36.9 Å². The number of hydrogen-bond acceptors (Lipinski definition) is 8. The molecule has 1 saturated heterocycles. The highest BCUT2D eigenvalue weighted by Gasteiger charge is 2.23. The van der Waals surface area contributed by atoms with Gasteiger partial charge in [0.25, 0.3) is 5.91 Å². The molecular formula is C30H28N6O3S. The average Bonchev–Trinajstić information content (AvgIpc) is 3.65. The lowest BCUT2D eigenvalue weighted by molar-refractivity contribution is -0.111. The number of carbonyl (C=O) groups is 2. The molecule has 2 N–H and O–H groups in total. The van der Waals surface area contributed by atoms with Crippen LogP contribution in [0.25, 0.3) is 21.6 Å². The van der Waals surface area contributed by atoms with Gasteiger partial charge in [0.2, 0.25) is 5.91 Å². The first kappa shape index (κ1) is 25.8. The number of rotatable bonds is 8. The third kappa shape index (κ3) is 5.36. The molecule has 2 amide bonds. The minimum absolute atomic E-state index is 0.139. The van der Waals surface area contributed by atoms with Crippen molar-refractivity contribution in [1.29, 1.82) is 0 Å². The Bertz CT molecular complexity index is 1620. The van der Waals surface area contributed by atoms with Gasteiger partial charge in [-0.15, -0.1) is 11.3 Å². The number of thiophene rings is 1. The topological polar surface area (TPSA) is 109 Å². The zero-order valence-electron chi connectivity index (χ0n) is 21.9. The van der Waals surface area contributed by atoms with Crippen LogP contribution < -0.4 is 15.5 Å². The zero-order chi connectivity index (χ0) is 27.5. The number of morpholine rings is 1. The van der Waals surface area contributed by atoms with Crippen molar-refractivity contribution in [3.8, 4) is 11.4 Å². The van der Waals surface area contributed by atoms with E-state index in [1.54, 1.807) is 0 Å². The maximum atomic E-state index is 13.2. The summed E-state index contributed by atoms with van der Waals surface area (Å²) in [5.74, 6) is 1.08. The Kier molecular flexibility index (Phi) is 7.35. The molecule has 1 fully saturated rings. The number of aliphatic imine (C=N–C) groups is 1. The molecule has 0 unspecified atom stereocenters. The van der Waals surface area contributed by atoms with Crippen LogP contribution in [0.1, 0.15) is 26.4 Å². The highest BCUT2D eigenvalue weighted by molar-refractivity contribution is 7.21. The molecule has 0 atom stereocenters. The monoisotopic (exact) mass is 552 g/mol. The van der Waals surface area contributed by atoms with Crippen LogP contribution in [0.5, 0.6) is 0 Å². The molecular weight excluding hydrogens is 524 g/mol. The molecule has 2 aromatic carbocycles. The first-order valence-electron chi connectivity index (χ1n) is 13.2. The Morgan fingerprint density at radius 3 is 2.73 bits per heavy atom. The van der Waals surface area contributed by atoms with Crippen molar-refractivity contribution < 1.29 is 14.3 Å². The Balaban J connectivity index is 1.23. The van der Waals surface area contributed by atoms with E-state index >= 15 is 0 Å². The van der Waals surface area contributed by atoms with E-state index in [1.165, 1.54) is 17.4 Å². The van der Waals surface area contributed by atoms with Crippen LogP contribution in [-0.4, -0.2) is 60.8 Å². The first-order valence-corrected chi connectivity index (χ1v) is 14.0. The fourth-order valence-electron chi connectivity index (χ4n) is 4.83. The Morgan fingerprint density at radius 1 is 1.10 bits per heavy atom. The third-order valence-electron chi connectivity index (χ3n) is 6.91. The SMILES string of the molecule is C=CC(=O)Nc1ccc(CCNC(=O)c2cc3nc(-c4cccc5c4C=NC5)nc(N4CCOCC4)c3s2)cc1. The predicted molar refractivity (Wildman–Crippen MR) is 158 cm³/mol. The Hall–Kier alpha value is -4.41. The van der Waals surface area contributed by atoms with Gasteiger partial charge in [-0.2, -0.15) is 0 Å². The molecule has 0 aliphatic carbocycles. The fourth-order valence-corrected chi connectivity index (χ4v) is 5.86. The number of anilines is 2. The Morgan fingerprint density at radius 2 is 1.93 bits per heavy atom. The van der Waals surface area contributed by atoms with Crippen LogP contribution in [0.3, 0.4) is 0 Å². The molecule has 2 aliphatic heterocycles. The van der Waals surface area contributed by atoms with Gasteiger partial charge in [0.05, 0.1) is 34.9 Å². The number of hydrogen-bond donors (Lipinski definition) is 2. The summed E-state index contributed by atoms with van der Waals surface area (Å²) < 4.78 is 6.47. The lowest BCUT2D eigenvalue weighted by Gasteiger charge is -2.28. The molecule has 6 rings (SSSR count). The van der Waals surface area contributed by atoms with Crippen molar-refractivity contribution in [2.24, 2.45) is 4.99 Å². The molecule has 10 heteroatoms. The second kappa shape index (κ2) is 11.4. The highest BCUT2D eigenvalue weighted by Crippen LogP contribution is 2.36. The van der Waals surface area contributed by atoms with Gasteiger partial charge in [0, 0.05) is 42.7 Å². The number of amides is 2. The van der Waals surface area contributed by atoms with E-state index in [0.29, 0.717) is 49.1 Å². The number of ether oxygens (including phenoxy) is 1. The molecule has 4 heterocycles. The minimum Gasteiger partial charge on any atom is -0.378 e. The van der Waals surface area contributed by atoms with Crippen molar-refractivity contribution in [3.05, 3.63) is 82.8 Å². The van der Waals surface area contributed by atoms with Gasteiger partial charge in [-0.05, 0) is 41.8 Å². The van der Waals surface area contributed by atoms with E-state index in [-0.39, 0.29) is 11.8 Å². The normalized spacial score (nSPS) is 14.2. The highest BCUT2D eigenvalue weighted by atomic mass is 32.1. The van der Waals surface area contributed by atoms with Crippen LogP contribution in [-0.2, 0) is 22.5 Å². The summed E-state index contributed by atoms with van der Waals surface area (Å²) >= 11 is 1.42. The summed E-state index contributed by atoms with van der Waals surface area (Å²) in [6, 6.07) is 15.5. The van der Waals surface area contributed by atoms with Gasteiger partial charge in [-0.25, -0.2) is 9.97 Å². The smallest absolute Gasteiger partial charge is 0.261 e. The lowest BCUT2D eigenvalue weighted by Crippen LogP contribution is -2.36. The van der Waals surface area contributed by atoms with Crippen molar-refractivity contribution in [3.63, 3.8) is 0 Å². The fraction of sp³-hybridized carbons (Fsp3) is 0.233. The van der Waals surface area contributed by atoms with Gasteiger partial charge in [0.15, 0.2) is 11.6 Å². The molecule has 202 valence electrons. The van der Waals surface area contributed by atoms with Gasteiger partial charge in [0.1, 0.15) is 0 Å². The molecule has 0 spiro atoms. The largest absolute Gasteiger partial charge is 0.378 e. The number of aromatic nitrogens is 2. The Labute approximate surface area is 235 Å². The van der Waals surface area contributed by atoms with Gasteiger partial charge in [-0.3, -0.25) is 14.6 Å². The molecule has 0 bridgehead atoms. The molecule has 4 aromatic rings.